The van der Waals surface area contributed by atoms with Crippen molar-refractivity contribution in [1.29, 1.82) is 0 Å². The zero-order valence-electron chi connectivity index (χ0n) is 16.0. The molecule has 0 aromatic carbocycles. The third-order valence-corrected chi connectivity index (χ3v) is 5.45. The van der Waals surface area contributed by atoms with Crippen LogP contribution in [0.5, 0.6) is 0 Å². The van der Waals surface area contributed by atoms with Gasteiger partial charge in [-0.2, -0.15) is 0 Å². The zero-order valence-corrected chi connectivity index (χ0v) is 16.0. The lowest BCUT2D eigenvalue weighted by Crippen LogP contribution is -2.34. The normalized spacial score (nSPS) is 23.2. The van der Waals surface area contributed by atoms with Gasteiger partial charge >= 0.3 is 5.97 Å². The molecule has 1 aliphatic rings. The molecule has 1 fully saturated rings. The molecule has 25 heavy (non-hydrogen) atoms. The number of unbranched alkanes of at least 4 members (excludes halogenated alkanes) is 4. The smallest absolute Gasteiger partial charge is 0.335 e. The minimum Gasteiger partial charge on any atom is -0.479 e. The molecule has 3 atom stereocenters. The molecule has 0 amide bonds. The number of carbonyl (C=O) groups excluding carboxylic acids is 1. The van der Waals surface area contributed by atoms with E-state index >= 15 is 0 Å². The number of ketones is 1. The molecule has 0 spiro atoms. The molecule has 0 saturated heterocycles. The van der Waals surface area contributed by atoms with Gasteiger partial charge < -0.3 is 10.2 Å². The fraction of sp³-hybridized carbons (Fsp3) is 0.810. The van der Waals surface area contributed by atoms with Crippen molar-refractivity contribution in [3.05, 3.63) is 12.2 Å². The minimum atomic E-state index is -1.63. The van der Waals surface area contributed by atoms with E-state index in [1.807, 2.05) is 0 Å². The van der Waals surface area contributed by atoms with Crippen LogP contribution in [0, 0.1) is 11.8 Å². The lowest BCUT2D eigenvalue weighted by molar-refractivity contribution is -0.157. The summed E-state index contributed by atoms with van der Waals surface area (Å²) < 4.78 is 0. The molecule has 0 bridgehead atoms. The van der Waals surface area contributed by atoms with Gasteiger partial charge in [0.25, 0.3) is 0 Å². The molecule has 0 heterocycles. The highest BCUT2D eigenvalue weighted by molar-refractivity contribution is 5.83. The summed E-state index contributed by atoms with van der Waals surface area (Å²) in [5.74, 6) is 0.00406. The number of carbonyl (C=O) groups is 2. The molecular weight excluding hydrogens is 316 g/mol. The monoisotopic (exact) mass is 352 g/mol. The highest BCUT2D eigenvalue weighted by atomic mass is 16.4. The number of aliphatic hydroxyl groups is 1. The summed E-state index contributed by atoms with van der Waals surface area (Å²) >= 11 is 0. The summed E-state index contributed by atoms with van der Waals surface area (Å²) in [4.78, 5) is 23.0. The van der Waals surface area contributed by atoms with E-state index < -0.39 is 11.6 Å². The van der Waals surface area contributed by atoms with Crippen molar-refractivity contribution in [3.8, 4) is 0 Å². The van der Waals surface area contributed by atoms with Crippen molar-refractivity contribution >= 4 is 11.8 Å². The van der Waals surface area contributed by atoms with Gasteiger partial charge in [-0.3, -0.25) is 4.79 Å². The van der Waals surface area contributed by atoms with Crippen LogP contribution in [0.3, 0.4) is 0 Å². The molecule has 1 aliphatic carbocycles. The average Bonchev–Trinajstić information content (AvgIpc) is 2.90. The Bertz CT molecular complexity index is 439. The standard InChI is InChI=1S/C21H36O4/c1-3-4-5-6-7-9-12-17-14-15-19(22)18(17)13-10-8-11-16-21(2,25)20(23)24/h5-6,17-18,25H,3-4,7-16H2,1-2H3,(H,23,24)/t17-,18+,21?/m0/s1. The predicted molar refractivity (Wildman–Crippen MR) is 100 cm³/mol. The topological polar surface area (TPSA) is 74.6 Å². The van der Waals surface area contributed by atoms with Crippen LogP contribution in [0.15, 0.2) is 12.2 Å². The van der Waals surface area contributed by atoms with Crippen molar-refractivity contribution < 1.29 is 19.8 Å². The molecule has 4 nitrogen and oxygen atoms in total. The van der Waals surface area contributed by atoms with Crippen LogP contribution in [0.2, 0.25) is 0 Å². The molecule has 0 aliphatic heterocycles. The van der Waals surface area contributed by atoms with Crippen LogP contribution in [-0.4, -0.2) is 27.6 Å². The Balaban J connectivity index is 2.23. The molecule has 0 aromatic rings. The van der Waals surface area contributed by atoms with E-state index in [2.05, 4.69) is 19.1 Å². The lowest BCUT2D eigenvalue weighted by atomic mass is 9.86. The largest absolute Gasteiger partial charge is 0.479 e. The Hall–Kier alpha value is -1.16. The van der Waals surface area contributed by atoms with Crippen molar-refractivity contribution in [2.45, 2.75) is 96.5 Å². The Morgan fingerprint density at radius 3 is 2.56 bits per heavy atom. The van der Waals surface area contributed by atoms with Crippen LogP contribution >= 0.6 is 0 Å². The molecule has 2 N–H and O–H groups in total. The zero-order chi connectivity index (χ0) is 18.7. The van der Waals surface area contributed by atoms with Gasteiger partial charge in [0, 0.05) is 12.3 Å². The van der Waals surface area contributed by atoms with Gasteiger partial charge in [0.15, 0.2) is 5.60 Å². The van der Waals surface area contributed by atoms with E-state index in [1.165, 1.54) is 13.3 Å². The number of Topliss-reactive ketones (excluding diaryl/α,β-unsaturated/α-hetero) is 1. The summed E-state index contributed by atoms with van der Waals surface area (Å²) in [6.07, 6.45) is 15.7. The first-order valence-corrected chi connectivity index (χ1v) is 10.0. The van der Waals surface area contributed by atoms with E-state index in [0.29, 0.717) is 18.1 Å². The van der Waals surface area contributed by atoms with E-state index in [0.717, 1.165) is 57.8 Å². The second kappa shape index (κ2) is 11.5. The molecule has 0 radical (unpaired) electrons. The van der Waals surface area contributed by atoms with Gasteiger partial charge in [-0.25, -0.2) is 4.79 Å². The minimum absolute atomic E-state index is 0.208. The lowest BCUT2D eigenvalue weighted by Gasteiger charge is -2.19. The first-order valence-electron chi connectivity index (χ1n) is 10.0. The quantitative estimate of drug-likeness (QED) is 0.365. The molecule has 1 unspecified atom stereocenters. The first-order chi connectivity index (χ1) is 11.9. The summed E-state index contributed by atoms with van der Waals surface area (Å²) in [6.45, 7) is 3.53. The first kappa shape index (κ1) is 21.9. The van der Waals surface area contributed by atoms with Crippen molar-refractivity contribution in [2.24, 2.45) is 11.8 Å². The summed E-state index contributed by atoms with van der Waals surface area (Å²) in [5.41, 5.74) is -1.63. The van der Waals surface area contributed by atoms with Crippen LogP contribution < -0.4 is 0 Å². The maximum atomic E-state index is 12.1. The van der Waals surface area contributed by atoms with E-state index in [4.69, 9.17) is 5.11 Å². The number of hydrogen-bond donors (Lipinski definition) is 2. The Morgan fingerprint density at radius 2 is 1.88 bits per heavy atom. The van der Waals surface area contributed by atoms with Crippen LogP contribution in [0.1, 0.15) is 90.9 Å². The van der Waals surface area contributed by atoms with E-state index in [9.17, 15) is 14.7 Å². The third kappa shape index (κ3) is 8.17. The van der Waals surface area contributed by atoms with Crippen molar-refractivity contribution in [1.82, 2.24) is 0 Å². The highest BCUT2D eigenvalue weighted by Crippen LogP contribution is 2.36. The van der Waals surface area contributed by atoms with Gasteiger partial charge in [-0.1, -0.05) is 38.3 Å². The second-order valence-corrected chi connectivity index (χ2v) is 7.74. The predicted octanol–water partition coefficient (Wildman–Crippen LogP) is 4.89. The number of hydrogen-bond acceptors (Lipinski definition) is 3. The van der Waals surface area contributed by atoms with Gasteiger partial charge in [0.2, 0.25) is 0 Å². The average molecular weight is 353 g/mol. The van der Waals surface area contributed by atoms with E-state index in [-0.39, 0.29) is 12.3 Å². The number of aliphatic carboxylic acids is 1. The van der Waals surface area contributed by atoms with Gasteiger partial charge in [0.1, 0.15) is 5.78 Å². The van der Waals surface area contributed by atoms with Crippen molar-refractivity contribution in [2.75, 3.05) is 0 Å². The highest BCUT2D eigenvalue weighted by Gasteiger charge is 2.33. The molecule has 4 heteroatoms. The Labute approximate surface area is 152 Å². The van der Waals surface area contributed by atoms with Gasteiger partial charge in [-0.05, 0) is 64.2 Å². The summed E-state index contributed by atoms with van der Waals surface area (Å²) in [7, 11) is 0. The van der Waals surface area contributed by atoms with Gasteiger partial charge in [-0.15, -0.1) is 0 Å². The summed E-state index contributed by atoms with van der Waals surface area (Å²) in [5, 5.41) is 18.6. The third-order valence-electron chi connectivity index (χ3n) is 5.45. The van der Waals surface area contributed by atoms with Gasteiger partial charge in [0.05, 0.1) is 0 Å². The number of rotatable bonds is 13. The number of carboxylic acid groups (broad SMARTS) is 1. The fourth-order valence-electron chi connectivity index (χ4n) is 3.74. The number of carboxylic acids is 1. The molecule has 144 valence electrons. The maximum Gasteiger partial charge on any atom is 0.335 e. The van der Waals surface area contributed by atoms with Crippen molar-refractivity contribution in [3.63, 3.8) is 0 Å². The Morgan fingerprint density at radius 1 is 1.16 bits per heavy atom. The molecule has 0 aromatic heterocycles. The fourth-order valence-corrected chi connectivity index (χ4v) is 3.74. The number of allylic oxidation sites excluding steroid dienone is 2. The molecular formula is C21H36O4. The Kier molecular flexibility index (Phi) is 10.0. The maximum absolute atomic E-state index is 12.1. The van der Waals surface area contributed by atoms with Crippen LogP contribution in [0.25, 0.3) is 0 Å². The summed E-state index contributed by atoms with van der Waals surface area (Å²) in [6, 6.07) is 0. The SMILES string of the molecule is CCCC=CCCC[C@H]1CCC(=O)[C@@H]1CCCCCC(C)(O)C(=O)O. The van der Waals surface area contributed by atoms with Crippen LogP contribution in [-0.2, 0) is 9.59 Å². The molecule has 1 saturated carbocycles. The second-order valence-electron chi connectivity index (χ2n) is 7.74. The molecule has 1 rings (SSSR count). The van der Waals surface area contributed by atoms with Crippen LogP contribution in [0.4, 0.5) is 0 Å². The van der Waals surface area contributed by atoms with E-state index in [1.54, 1.807) is 0 Å².